The van der Waals surface area contributed by atoms with Gasteiger partial charge in [0.15, 0.2) is 0 Å². The quantitative estimate of drug-likeness (QED) is 0.587. The summed E-state index contributed by atoms with van der Waals surface area (Å²) in [7, 11) is 0. The zero-order valence-corrected chi connectivity index (χ0v) is 12.7. The van der Waals surface area contributed by atoms with E-state index in [0.29, 0.717) is 36.4 Å². The van der Waals surface area contributed by atoms with Gasteiger partial charge in [-0.3, -0.25) is 4.79 Å². The number of carboxylic acids is 1. The Morgan fingerprint density at radius 3 is 1.50 bits per heavy atom. The molecule has 1 N–H and O–H groups in total. The smallest absolute Gasteiger partial charge is 0.380 e. The Bertz CT molecular complexity index is 813. The van der Waals surface area contributed by atoms with E-state index in [1.807, 2.05) is 0 Å². The van der Waals surface area contributed by atoms with E-state index >= 15 is 0 Å². The first-order chi connectivity index (χ1) is 11.9. The average molecular weight is 376 g/mol. The molecular weight excluding hydrogens is 366 g/mol. The highest BCUT2D eigenvalue weighted by atomic mass is 19.3. The van der Waals surface area contributed by atoms with Crippen LogP contribution >= 0.6 is 0 Å². The standard InChI is InChI=1S/C17H10F6O3/c18-15(19,12-5-1-10(9-24)2-6-12)17(22,23)16(20,21)13-7-3-11(4-8-13)14(25)26/h1-9H,(H,25,26). The second-order valence-corrected chi connectivity index (χ2v) is 5.35. The number of benzene rings is 2. The minimum absolute atomic E-state index is 0.0936. The van der Waals surface area contributed by atoms with Gasteiger partial charge < -0.3 is 5.11 Å². The summed E-state index contributed by atoms with van der Waals surface area (Å²) in [4.78, 5) is 21.2. The first-order valence-corrected chi connectivity index (χ1v) is 6.98. The molecule has 0 aliphatic carbocycles. The lowest BCUT2D eigenvalue weighted by atomic mass is 9.92. The summed E-state index contributed by atoms with van der Waals surface area (Å²) in [5.74, 6) is -17.9. The van der Waals surface area contributed by atoms with Gasteiger partial charge in [0.2, 0.25) is 0 Å². The van der Waals surface area contributed by atoms with Crippen molar-refractivity contribution in [3.8, 4) is 0 Å². The van der Waals surface area contributed by atoms with E-state index in [1.54, 1.807) is 0 Å². The Kier molecular flexibility index (Phi) is 4.85. The molecule has 0 amide bonds. The maximum atomic E-state index is 14.2. The summed E-state index contributed by atoms with van der Waals surface area (Å²) in [5, 5.41) is 8.68. The lowest BCUT2D eigenvalue weighted by molar-refractivity contribution is -0.321. The van der Waals surface area contributed by atoms with E-state index in [1.165, 1.54) is 0 Å². The molecule has 9 heteroatoms. The number of carbonyl (C=O) groups excluding carboxylic acids is 1. The number of aldehydes is 1. The number of hydrogen-bond donors (Lipinski definition) is 1. The Hall–Kier alpha value is -2.84. The fourth-order valence-electron chi connectivity index (χ4n) is 2.15. The van der Waals surface area contributed by atoms with Gasteiger partial charge in [0, 0.05) is 16.7 Å². The van der Waals surface area contributed by atoms with E-state index in [4.69, 9.17) is 5.11 Å². The zero-order chi connectivity index (χ0) is 19.8. The number of carboxylic acid groups (broad SMARTS) is 1. The zero-order valence-electron chi connectivity index (χ0n) is 12.7. The van der Waals surface area contributed by atoms with Crippen molar-refractivity contribution in [1.82, 2.24) is 0 Å². The number of alkyl halides is 6. The molecule has 0 radical (unpaired) electrons. The van der Waals surface area contributed by atoms with Crippen LogP contribution in [0, 0.1) is 0 Å². The van der Waals surface area contributed by atoms with Crippen molar-refractivity contribution < 1.29 is 41.0 Å². The van der Waals surface area contributed by atoms with Crippen molar-refractivity contribution >= 4 is 12.3 Å². The summed E-state index contributed by atoms with van der Waals surface area (Å²) in [6, 6.07) is 4.43. The molecule has 0 fully saturated rings. The predicted molar refractivity (Wildman–Crippen MR) is 78.0 cm³/mol. The molecule has 0 spiro atoms. The number of hydrogen-bond acceptors (Lipinski definition) is 2. The van der Waals surface area contributed by atoms with Gasteiger partial charge in [-0.2, -0.15) is 26.3 Å². The van der Waals surface area contributed by atoms with Crippen LogP contribution in [0.2, 0.25) is 0 Å². The second kappa shape index (κ2) is 6.47. The molecular formula is C17H10F6O3. The largest absolute Gasteiger partial charge is 0.478 e. The highest BCUT2D eigenvalue weighted by Crippen LogP contribution is 2.55. The third kappa shape index (κ3) is 3.04. The number of halogens is 6. The van der Waals surface area contributed by atoms with Crippen LogP contribution in [0.15, 0.2) is 48.5 Å². The summed E-state index contributed by atoms with van der Waals surface area (Å²) in [6.45, 7) is 0. The first kappa shape index (κ1) is 19.5. The third-order valence-electron chi connectivity index (χ3n) is 3.69. The number of rotatable bonds is 6. The fourth-order valence-corrected chi connectivity index (χ4v) is 2.15. The third-order valence-corrected chi connectivity index (χ3v) is 3.69. The Morgan fingerprint density at radius 1 is 0.769 bits per heavy atom. The molecule has 0 aliphatic heterocycles. The monoisotopic (exact) mass is 376 g/mol. The first-order valence-electron chi connectivity index (χ1n) is 6.98. The van der Waals surface area contributed by atoms with Gasteiger partial charge in [-0.25, -0.2) is 4.79 Å². The van der Waals surface area contributed by atoms with Crippen molar-refractivity contribution in [3.05, 3.63) is 70.8 Å². The molecule has 2 rings (SSSR count). The molecule has 138 valence electrons. The van der Waals surface area contributed by atoms with E-state index < -0.39 is 40.4 Å². The van der Waals surface area contributed by atoms with E-state index in [-0.39, 0.29) is 11.8 Å². The minimum atomic E-state index is -5.83. The maximum Gasteiger partial charge on any atom is 0.380 e. The van der Waals surface area contributed by atoms with Crippen LogP contribution in [0.3, 0.4) is 0 Å². The van der Waals surface area contributed by atoms with Crippen LogP contribution in [-0.4, -0.2) is 23.3 Å². The number of aromatic carboxylic acids is 1. The van der Waals surface area contributed by atoms with Crippen molar-refractivity contribution in [3.63, 3.8) is 0 Å². The van der Waals surface area contributed by atoms with E-state index in [2.05, 4.69) is 0 Å². The van der Waals surface area contributed by atoms with Crippen LogP contribution in [0.4, 0.5) is 26.3 Å². The highest BCUT2D eigenvalue weighted by molar-refractivity contribution is 5.87. The summed E-state index contributed by atoms with van der Waals surface area (Å²) in [5.41, 5.74) is -3.42. The van der Waals surface area contributed by atoms with Gasteiger partial charge in [-0.15, -0.1) is 0 Å². The molecule has 3 nitrogen and oxygen atoms in total. The number of carbonyl (C=O) groups is 2. The van der Waals surface area contributed by atoms with Gasteiger partial charge in [0.25, 0.3) is 0 Å². The van der Waals surface area contributed by atoms with Crippen LogP contribution < -0.4 is 0 Å². The predicted octanol–water partition coefficient (Wildman–Crippen LogP) is 4.72. The topological polar surface area (TPSA) is 54.4 Å². The molecule has 0 atom stereocenters. The Balaban J connectivity index is 2.46. The molecule has 0 saturated heterocycles. The van der Waals surface area contributed by atoms with Gasteiger partial charge in [0.05, 0.1) is 5.56 Å². The van der Waals surface area contributed by atoms with Crippen molar-refractivity contribution in [2.75, 3.05) is 0 Å². The fraction of sp³-hybridized carbons (Fsp3) is 0.176. The van der Waals surface area contributed by atoms with Crippen LogP contribution in [0.25, 0.3) is 0 Å². The Labute approximate surface area is 142 Å². The van der Waals surface area contributed by atoms with Crippen LogP contribution in [0.1, 0.15) is 31.8 Å². The maximum absolute atomic E-state index is 14.2. The average Bonchev–Trinajstić information content (AvgIpc) is 2.61. The molecule has 0 aromatic heterocycles. The summed E-state index contributed by atoms with van der Waals surface area (Å²) < 4.78 is 84.8. The molecule has 0 unspecified atom stereocenters. The van der Waals surface area contributed by atoms with Gasteiger partial charge >= 0.3 is 23.7 Å². The summed E-state index contributed by atoms with van der Waals surface area (Å²) >= 11 is 0. The molecule has 0 heterocycles. The Morgan fingerprint density at radius 2 is 1.15 bits per heavy atom. The van der Waals surface area contributed by atoms with Gasteiger partial charge in [-0.1, -0.05) is 36.4 Å². The lowest BCUT2D eigenvalue weighted by Crippen LogP contribution is -2.50. The highest BCUT2D eigenvalue weighted by Gasteiger charge is 2.72. The normalized spacial score (nSPS) is 12.7. The van der Waals surface area contributed by atoms with Crippen LogP contribution in [-0.2, 0) is 11.8 Å². The molecule has 0 bridgehead atoms. The molecule has 26 heavy (non-hydrogen) atoms. The lowest BCUT2D eigenvalue weighted by Gasteiger charge is -2.33. The van der Waals surface area contributed by atoms with Crippen molar-refractivity contribution in [2.45, 2.75) is 17.8 Å². The summed E-state index contributed by atoms with van der Waals surface area (Å²) in [6.07, 6.45) is 0.276. The van der Waals surface area contributed by atoms with Crippen molar-refractivity contribution in [2.24, 2.45) is 0 Å². The minimum Gasteiger partial charge on any atom is -0.478 e. The molecule has 0 aliphatic rings. The van der Waals surface area contributed by atoms with Gasteiger partial charge in [0.1, 0.15) is 6.29 Å². The SMILES string of the molecule is O=Cc1ccc(C(F)(F)C(F)(F)C(F)(F)c2ccc(C(=O)O)cc2)cc1. The van der Waals surface area contributed by atoms with E-state index in [9.17, 15) is 35.9 Å². The van der Waals surface area contributed by atoms with Crippen molar-refractivity contribution in [1.29, 1.82) is 0 Å². The molecule has 2 aromatic rings. The van der Waals surface area contributed by atoms with Crippen LogP contribution in [0.5, 0.6) is 0 Å². The van der Waals surface area contributed by atoms with Gasteiger partial charge in [-0.05, 0) is 12.1 Å². The molecule has 2 aromatic carbocycles. The van der Waals surface area contributed by atoms with E-state index in [0.717, 1.165) is 12.1 Å². The second-order valence-electron chi connectivity index (χ2n) is 5.35. The molecule has 0 saturated carbocycles.